The number of nitro groups is 1. The smallest absolute Gasteiger partial charge is 0.271 e. The first-order chi connectivity index (χ1) is 11.0. The lowest BCUT2D eigenvalue weighted by Crippen LogP contribution is -2.46. The Kier molecular flexibility index (Phi) is 4.49. The Bertz CT molecular complexity index is 710. The molecule has 7 nitrogen and oxygen atoms in total. The Balaban J connectivity index is 1.61. The molecule has 23 heavy (non-hydrogen) atoms. The maximum absolute atomic E-state index is 10.8. The van der Waals surface area contributed by atoms with Crippen LogP contribution >= 0.6 is 11.6 Å². The largest absolute Gasteiger partial charge is 0.368 e. The number of hydrogen-bond donors (Lipinski definition) is 0. The van der Waals surface area contributed by atoms with Gasteiger partial charge < -0.3 is 9.42 Å². The molecule has 0 saturated carbocycles. The highest BCUT2D eigenvalue weighted by Crippen LogP contribution is 2.30. The van der Waals surface area contributed by atoms with Crippen molar-refractivity contribution in [3.05, 3.63) is 50.9 Å². The van der Waals surface area contributed by atoms with E-state index in [4.69, 9.17) is 16.1 Å². The van der Waals surface area contributed by atoms with E-state index in [0.717, 1.165) is 49.9 Å². The number of aryl methyl sites for hydroxylation is 1. The second-order valence-corrected chi connectivity index (χ2v) is 5.99. The molecule has 3 rings (SSSR count). The van der Waals surface area contributed by atoms with E-state index in [9.17, 15) is 10.1 Å². The van der Waals surface area contributed by atoms with E-state index in [1.165, 1.54) is 12.1 Å². The van der Waals surface area contributed by atoms with Crippen LogP contribution in [-0.4, -0.2) is 41.2 Å². The van der Waals surface area contributed by atoms with E-state index >= 15 is 0 Å². The van der Waals surface area contributed by atoms with Crippen LogP contribution in [0.1, 0.15) is 11.5 Å². The Morgan fingerprint density at radius 1 is 1.30 bits per heavy atom. The summed E-state index contributed by atoms with van der Waals surface area (Å²) in [5.74, 6) is 0.816. The summed E-state index contributed by atoms with van der Waals surface area (Å²) >= 11 is 6.19. The van der Waals surface area contributed by atoms with Crippen molar-refractivity contribution in [1.82, 2.24) is 10.1 Å². The van der Waals surface area contributed by atoms with Gasteiger partial charge in [-0.15, -0.1) is 0 Å². The van der Waals surface area contributed by atoms with Crippen molar-refractivity contribution in [2.45, 2.75) is 13.5 Å². The summed E-state index contributed by atoms with van der Waals surface area (Å²) < 4.78 is 5.08. The Morgan fingerprint density at radius 3 is 2.61 bits per heavy atom. The zero-order valence-corrected chi connectivity index (χ0v) is 13.5. The Labute approximate surface area is 138 Å². The summed E-state index contributed by atoms with van der Waals surface area (Å²) in [6.07, 6.45) is 0. The maximum atomic E-state index is 10.8. The van der Waals surface area contributed by atoms with Gasteiger partial charge in [0.2, 0.25) is 0 Å². The van der Waals surface area contributed by atoms with Crippen molar-refractivity contribution >= 4 is 23.0 Å². The lowest BCUT2D eigenvalue weighted by molar-refractivity contribution is -0.384. The second kappa shape index (κ2) is 6.55. The number of aromatic nitrogens is 1. The molecule has 1 fully saturated rings. The molecular formula is C15H17ClN4O3. The number of halogens is 1. The number of nitro benzene ring substituents is 1. The van der Waals surface area contributed by atoms with E-state index in [1.807, 2.05) is 13.0 Å². The molecule has 0 aliphatic carbocycles. The van der Waals surface area contributed by atoms with Gasteiger partial charge in [-0.1, -0.05) is 16.8 Å². The fourth-order valence-corrected chi connectivity index (χ4v) is 3.03. The monoisotopic (exact) mass is 336 g/mol. The van der Waals surface area contributed by atoms with Gasteiger partial charge in [0.15, 0.2) is 0 Å². The molecule has 1 aliphatic heterocycles. The van der Waals surface area contributed by atoms with Crippen molar-refractivity contribution in [2.24, 2.45) is 0 Å². The summed E-state index contributed by atoms with van der Waals surface area (Å²) in [6.45, 7) is 6.02. The van der Waals surface area contributed by atoms with Gasteiger partial charge in [-0.3, -0.25) is 15.0 Å². The number of piperazine rings is 1. The average molecular weight is 337 g/mol. The van der Waals surface area contributed by atoms with Gasteiger partial charge in [-0.05, 0) is 13.0 Å². The summed E-state index contributed by atoms with van der Waals surface area (Å²) in [4.78, 5) is 14.8. The predicted molar refractivity (Wildman–Crippen MR) is 86.8 cm³/mol. The van der Waals surface area contributed by atoms with Gasteiger partial charge in [0.1, 0.15) is 5.76 Å². The molecule has 1 aliphatic rings. The fourth-order valence-electron chi connectivity index (χ4n) is 2.73. The summed E-state index contributed by atoms with van der Waals surface area (Å²) in [5, 5.41) is 15.2. The molecule has 1 aromatic heterocycles. The third-order valence-corrected chi connectivity index (χ3v) is 4.22. The number of hydrogen-bond acceptors (Lipinski definition) is 6. The molecule has 0 atom stereocenters. The maximum Gasteiger partial charge on any atom is 0.271 e. The molecular weight excluding hydrogens is 320 g/mol. The second-order valence-electron chi connectivity index (χ2n) is 5.58. The van der Waals surface area contributed by atoms with Crippen LogP contribution in [0.5, 0.6) is 0 Å². The fraction of sp³-hybridized carbons (Fsp3) is 0.400. The van der Waals surface area contributed by atoms with Gasteiger partial charge in [0.05, 0.1) is 21.3 Å². The Hall–Kier alpha value is -2.12. The van der Waals surface area contributed by atoms with Crippen LogP contribution in [0.2, 0.25) is 5.02 Å². The lowest BCUT2D eigenvalue weighted by Gasteiger charge is -2.36. The summed E-state index contributed by atoms with van der Waals surface area (Å²) in [7, 11) is 0. The third kappa shape index (κ3) is 3.62. The SMILES string of the molecule is Cc1cc(CN2CCN(c3ccc([N+](=O)[O-])cc3Cl)CC2)no1. The van der Waals surface area contributed by atoms with Gasteiger partial charge in [-0.25, -0.2) is 0 Å². The molecule has 8 heteroatoms. The number of non-ortho nitro benzene ring substituents is 1. The van der Waals surface area contributed by atoms with Crippen LogP contribution in [0.25, 0.3) is 0 Å². The van der Waals surface area contributed by atoms with E-state index in [1.54, 1.807) is 6.07 Å². The van der Waals surface area contributed by atoms with Crippen LogP contribution in [0, 0.1) is 17.0 Å². The summed E-state index contributed by atoms with van der Waals surface area (Å²) in [5.41, 5.74) is 1.79. The molecule has 122 valence electrons. The van der Waals surface area contributed by atoms with Gasteiger partial charge in [-0.2, -0.15) is 0 Å². The van der Waals surface area contributed by atoms with Crippen molar-refractivity contribution in [1.29, 1.82) is 0 Å². The van der Waals surface area contributed by atoms with Crippen molar-refractivity contribution in [3.63, 3.8) is 0 Å². The van der Waals surface area contributed by atoms with Crippen molar-refractivity contribution in [2.75, 3.05) is 31.1 Å². The quantitative estimate of drug-likeness (QED) is 0.631. The number of benzene rings is 1. The highest BCUT2D eigenvalue weighted by Gasteiger charge is 2.21. The minimum Gasteiger partial charge on any atom is -0.368 e. The minimum absolute atomic E-state index is 0.0128. The first-order valence-electron chi connectivity index (χ1n) is 7.36. The molecule has 1 saturated heterocycles. The van der Waals surface area contributed by atoms with E-state index in [2.05, 4.69) is 15.0 Å². The lowest BCUT2D eigenvalue weighted by atomic mass is 10.2. The Morgan fingerprint density at radius 2 is 2.04 bits per heavy atom. The summed E-state index contributed by atoms with van der Waals surface area (Å²) in [6, 6.07) is 6.56. The van der Waals surface area contributed by atoms with E-state index < -0.39 is 4.92 Å². The van der Waals surface area contributed by atoms with Gasteiger partial charge in [0, 0.05) is 50.9 Å². The first-order valence-corrected chi connectivity index (χ1v) is 7.74. The molecule has 0 N–H and O–H groups in total. The molecule has 0 bridgehead atoms. The van der Waals surface area contributed by atoms with Crippen molar-refractivity contribution in [3.8, 4) is 0 Å². The van der Waals surface area contributed by atoms with Crippen molar-refractivity contribution < 1.29 is 9.45 Å². The number of nitrogens with zero attached hydrogens (tertiary/aromatic N) is 4. The molecule has 0 radical (unpaired) electrons. The van der Waals surface area contributed by atoms with Crippen LogP contribution in [0.4, 0.5) is 11.4 Å². The third-order valence-electron chi connectivity index (χ3n) is 3.92. The van der Waals surface area contributed by atoms with Gasteiger partial charge in [0.25, 0.3) is 5.69 Å². The van der Waals surface area contributed by atoms with E-state index in [0.29, 0.717) is 5.02 Å². The highest BCUT2D eigenvalue weighted by molar-refractivity contribution is 6.33. The van der Waals surface area contributed by atoms with Crippen LogP contribution in [0.3, 0.4) is 0 Å². The standard InChI is InChI=1S/C15H17ClN4O3/c1-11-8-12(17-23-11)10-18-4-6-19(7-5-18)15-3-2-13(20(21)22)9-14(15)16/h2-3,8-9H,4-7,10H2,1H3. The average Bonchev–Trinajstić information content (AvgIpc) is 2.93. The van der Waals surface area contributed by atoms with Gasteiger partial charge >= 0.3 is 0 Å². The molecule has 2 heterocycles. The molecule has 2 aromatic rings. The first kappa shape index (κ1) is 15.8. The number of rotatable bonds is 4. The minimum atomic E-state index is -0.437. The molecule has 0 spiro atoms. The molecule has 0 unspecified atom stereocenters. The predicted octanol–water partition coefficient (Wildman–Crippen LogP) is 2.87. The number of anilines is 1. The molecule has 1 aromatic carbocycles. The highest BCUT2D eigenvalue weighted by atomic mass is 35.5. The molecule has 0 amide bonds. The van der Waals surface area contributed by atoms with Crippen LogP contribution < -0.4 is 4.90 Å². The zero-order valence-electron chi connectivity index (χ0n) is 12.7. The topological polar surface area (TPSA) is 75.7 Å². The van der Waals surface area contributed by atoms with Crippen LogP contribution in [-0.2, 0) is 6.54 Å². The van der Waals surface area contributed by atoms with Crippen LogP contribution in [0.15, 0.2) is 28.8 Å². The van der Waals surface area contributed by atoms with E-state index in [-0.39, 0.29) is 5.69 Å². The zero-order chi connectivity index (χ0) is 16.4. The normalized spacial score (nSPS) is 15.8.